The number of fused-ring (bicyclic) bond motifs is 3. The monoisotopic (exact) mass is 465 g/mol. The molecule has 0 saturated heterocycles. The number of aromatic nitrogens is 1. The van der Waals surface area contributed by atoms with Crippen molar-refractivity contribution in [3.63, 3.8) is 0 Å². The highest BCUT2D eigenvalue weighted by Crippen LogP contribution is 2.45. The summed E-state index contributed by atoms with van der Waals surface area (Å²) < 4.78 is 59.7. The van der Waals surface area contributed by atoms with Gasteiger partial charge in [0.1, 0.15) is 6.10 Å². The fourth-order valence-electron chi connectivity index (χ4n) is 3.99. The number of rotatable bonds is 6. The molecule has 2 aromatic carbocycles. The first-order chi connectivity index (χ1) is 14.8. The summed E-state index contributed by atoms with van der Waals surface area (Å²) in [5.74, 6) is -0.819. The van der Waals surface area contributed by atoms with Crippen molar-refractivity contribution in [2.75, 3.05) is 12.9 Å². The van der Waals surface area contributed by atoms with Gasteiger partial charge in [-0.1, -0.05) is 23.7 Å². The van der Waals surface area contributed by atoms with Crippen LogP contribution in [0.4, 0.5) is 4.39 Å². The average molecular weight is 466 g/mol. The number of ether oxygens (including phenoxy) is 2. The van der Waals surface area contributed by atoms with Gasteiger partial charge in [0.2, 0.25) is 0 Å². The predicted molar refractivity (Wildman–Crippen MR) is 115 cm³/mol. The van der Waals surface area contributed by atoms with Gasteiger partial charge in [-0.2, -0.15) is 8.42 Å². The molecule has 0 bridgehead atoms. The summed E-state index contributed by atoms with van der Waals surface area (Å²) in [4.78, 5) is 0. The maximum absolute atomic E-state index is 14.5. The van der Waals surface area contributed by atoms with Gasteiger partial charge in [-0.15, -0.1) is 0 Å². The van der Waals surface area contributed by atoms with Crippen molar-refractivity contribution in [1.29, 1.82) is 0 Å². The number of halogens is 2. The molecule has 0 amide bonds. The van der Waals surface area contributed by atoms with E-state index in [-0.39, 0.29) is 17.9 Å². The molecule has 6 nitrogen and oxygen atoms in total. The Bertz CT molecular complexity index is 1210. The second-order valence-corrected chi connectivity index (χ2v) is 9.31. The summed E-state index contributed by atoms with van der Waals surface area (Å²) in [6, 6.07) is 13.8. The van der Waals surface area contributed by atoms with E-state index in [4.69, 9.17) is 25.6 Å². The second-order valence-electron chi connectivity index (χ2n) is 7.30. The third kappa shape index (κ3) is 4.48. The lowest BCUT2D eigenvalue weighted by atomic mass is 9.98. The Morgan fingerprint density at radius 3 is 2.74 bits per heavy atom. The molecule has 1 aromatic heterocycles. The summed E-state index contributed by atoms with van der Waals surface area (Å²) >= 11 is 6.29. The molecule has 164 valence electrons. The number of methoxy groups -OCH3 is 1. The van der Waals surface area contributed by atoms with Gasteiger partial charge >= 0.3 is 0 Å². The van der Waals surface area contributed by atoms with Gasteiger partial charge in [-0.3, -0.25) is 4.55 Å². The predicted octanol–water partition coefficient (Wildman–Crippen LogP) is 5.11. The first-order valence-electron chi connectivity index (χ1n) is 9.68. The van der Waals surface area contributed by atoms with Crippen LogP contribution in [-0.2, 0) is 14.9 Å². The van der Waals surface area contributed by atoms with E-state index in [0.29, 0.717) is 17.0 Å². The normalized spacial score (nSPS) is 18.2. The molecule has 2 atom stereocenters. The summed E-state index contributed by atoms with van der Waals surface area (Å²) in [7, 11) is -2.70. The van der Waals surface area contributed by atoms with E-state index >= 15 is 0 Å². The van der Waals surface area contributed by atoms with E-state index < -0.39 is 28.1 Å². The molecule has 4 rings (SSSR count). The van der Waals surface area contributed by atoms with E-state index in [1.165, 1.54) is 13.2 Å². The van der Waals surface area contributed by atoms with Crippen LogP contribution < -0.4 is 4.74 Å². The summed E-state index contributed by atoms with van der Waals surface area (Å²) in [6.07, 6.45) is 1.18. The molecule has 9 heteroatoms. The fraction of sp³-hybridized carbons (Fsp3) is 0.273. The molecule has 1 aliphatic heterocycles. The number of benzene rings is 2. The van der Waals surface area contributed by atoms with Crippen LogP contribution in [0.1, 0.15) is 41.9 Å². The van der Waals surface area contributed by atoms with Crippen LogP contribution in [0.3, 0.4) is 0 Å². The van der Waals surface area contributed by atoms with Gasteiger partial charge in [0.25, 0.3) is 10.1 Å². The van der Waals surface area contributed by atoms with E-state index in [1.807, 2.05) is 29.0 Å². The zero-order valence-electron chi connectivity index (χ0n) is 16.7. The van der Waals surface area contributed by atoms with Gasteiger partial charge < -0.3 is 14.0 Å². The number of nitrogens with zero attached hydrogens (tertiary/aromatic N) is 1. The third-order valence-corrected chi connectivity index (χ3v) is 6.33. The van der Waals surface area contributed by atoms with Crippen LogP contribution in [0.5, 0.6) is 5.75 Å². The van der Waals surface area contributed by atoms with Crippen molar-refractivity contribution >= 4 is 21.7 Å². The Kier molecular flexibility index (Phi) is 6.07. The molecule has 1 N–H and O–H groups in total. The van der Waals surface area contributed by atoms with Gasteiger partial charge in [0.15, 0.2) is 11.6 Å². The van der Waals surface area contributed by atoms with E-state index in [9.17, 15) is 12.8 Å². The Morgan fingerprint density at radius 2 is 2.00 bits per heavy atom. The molecule has 0 radical (unpaired) electrons. The first-order valence-corrected chi connectivity index (χ1v) is 11.7. The molecular formula is C22H21ClFNO5S. The number of hydrogen-bond acceptors (Lipinski definition) is 4. The Labute approximate surface area is 184 Å². The fourth-order valence-corrected chi connectivity index (χ4v) is 4.71. The van der Waals surface area contributed by atoms with Gasteiger partial charge in [0, 0.05) is 22.3 Å². The quantitative estimate of drug-likeness (QED) is 0.512. The highest BCUT2D eigenvalue weighted by atomic mass is 35.5. The molecule has 31 heavy (non-hydrogen) atoms. The summed E-state index contributed by atoms with van der Waals surface area (Å²) in [6.45, 7) is 0. The minimum absolute atomic E-state index is 0.0710. The van der Waals surface area contributed by atoms with Crippen molar-refractivity contribution in [3.05, 3.63) is 82.4 Å². The molecule has 0 aliphatic carbocycles. The summed E-state index contributed by atoms with van der Waals surface area (Å²) in [5.41, 5.74) is 2.86. The van der Waals surface area contributed by atoms with Gasteiger partial charge in [0.05, 0.1) is 30.3 Å². The highest BCUT2D eigenvalue weighted by molar-refractivity contribution is 7.85. The van der Waals surface area contributed by atoms with Crippen LogP contribution in [0.15, 0.2) is 54.7 Å². The van der Waals surface area contributed by atoms with Crippen molar-refractivity contribution in [2.24, 2.45) is 0 Å². The molecule has 1 aliphatic rings. The lowest BCUT2D eigenvalue weighted by Crippen LogP contribution is -2.13. The van der Waals surface area contributed by atoms with Crippen molar-refractivity contribution < 1.29 is 26.8 Å². The minimum atomic E-state index is -4.09. The molecule has 0 saturated carbocycles. The van der Waals surface area contributed by atoms with E-state index in [1.54, 1.807) is 24.3 Å². The standard InChI is InChI=1S/C22H21ClFNO5S/c1-29-22-15(5-2-6-17(22)24)21-16-13-14(23)9-10-18(16)25-11-3-7-19(25)20(30-21)8-4-12-31(26,27)28/h2-3,5-7,9-11,13,20-21H,4,8,12H2,1H3,(H,26,27,28). The average Bonchev–Trinajstić information content (AvgIpc) is 3.15. The van der Waals surface area contributed by atoms with Crippen LogP contribution in [-0.4, -0.2) is 30.4 Å². The summed E-state index contributed by atoms with van der Waals surface area (Å²) in [5, 5.41) is 0.501. The molecule has 3 aromatic rings. The van der Waals surface area contributed by atoms with Gasteiger partial charge in [-0.05, 0) is 49.2 Å². The molecule has 0 spiro atoms. The zero-order valence-corrected chi connectivity index (χ0v) is 18.2. The Hall–Kier alpha value is -2.39. The van der Waals surface area contributed by atoms with Crippen molar-refractivity contribution in [2.45, 2.75) is 25.0 Å². The topological polar surface area (TPSA) is 77.8 Å². The Balaban J connectivity index is 1.84. The minimum Gasteiger partial charge on any atom is -0.493 e. The Morgan fingerprint density at radius 1 is 1.19 bits per heavy atom. The maximum atomic E-state index is 14.5. The SMILES string of the molecule is COc1c(F)cccc1C1OC(CCCS(=O)(=O)O)c2cccn2-c2ccc(Cl)cc21. The lowest BCUT2D eigenvalue weighted by molar-refractivity contribution is 0.000762. The van der Waals surface area contributed by atoms with E-state index in [2.05, 4.69) is 0 Å². The second kappa shape index (κ2) is 8.63. The maximum Gasteiger partial charge on any atom is 0.264 e. The number of hydrogen-bond donors (Lipinski definition) is 1. The number of para-hydroxylation sites is 1. The van der Waals surface area contributed by atoms with E-state index in [0.717, 1.165) is 16.9 Å². The van der Waals surface area contributed by atoms with Crippen LogP contribution in [0.2, 0.25) is 5.02 Å². The lowest BCUT2D eigenvalue weighted by Gasteiger charge is -2.25. The van der Waals surface area contributed by atoms with Crippen LogP contribution in [0, 0.1) is 5.82 Å². The zero-order chi connectivity index (χ0) is 22.2. The highest BCUT2D eigenvalue weighted by Gasteiger charge is 2.32. The molecule has 2 heterocycles. The molecular weight excluding hydrogens is 445 g/mol. The van der Waals surface area contributed by atoms with Crippen LogP contribution in [0.25, 0.3) is 5.69 Å². The smallest absolute Gasteiger partial charge is 0.264 e. The molecule has 0 fully saturated rings. The van der Waals surface area contributed by atoms with Crippen LogP contribution >= 0.6 is 11.6 Å². The van der Waals surface area contributed by atoms with Crippen molar-refractivity contribution in [3.8, 4) is 11.4 Å². The van der Waals surface area contributed by atoms with Gasteiger partial charge in [-0.25, -0.2) is 4.39 Å². The van der Waals surface area contributed by atoms with Crippen molar-refractivity contribution in [1.82, 2.24) is 4.57 Å². The first kappa shape index (κ1) is 21.8. The largest absolute Gasteiger partial charge is 0.493 e. The molecule has 2 unspecified atom stereocenters. The third-order valence-electron chi connectivity index (χ3n) is 5.29.